The predicted octanol–water partition coefficient (Wildman–Crippen LogP) is 1.77. The number of nitrogens with zero attached hydrogens (tertiary/aromatic N) is 3. The standard InChI is InChI=1S/C12H16N4/c1-9-14-15-11(12(2,3)13)16(9)10-7-5-4-6-8-10/h4-8H,13H2,1-3H3. The first-order chi connectivity index (χ1) is 7.50. The molecule has 0 fully saturated rings. The number of aryl methyl sites for hydroxylation is 1. The Morgan fingerprint density at radius 1 is 1.12 bits per heavy atom. The Labute approximate surface area is 95.1 Å². The lowest BCUT2D eigenvalue weighted by atomic mass is 10.1. The van der Waals surface area contributed by atoms with Gasteiger partial charge in [-0.25, -0.2) is 0 Å². The summed E-state index contributed by atoms with van der Waals surface area (Å²) in [6, 6.07) is 10.00. The number of para-hydroxylation sites is 1. The van der Waals surface area contributed by atoms with E-state index in [9.17, 15) is 0 Å². The second kappa shape index (κ2) is 3.72. The van der Waals surface area contributed by atoms with E-state index in [1.807, 2.05) is 55.7 Å². The van der Waals surface area contributed by atoms with Crippen LogP contribution in [0, 0.1) is 6.92 Å². The van der Waals surface area contributed by atoms with Crippen LogP contribution in [0.2, 0.25) is 0 Å². The van der Waals surface area contributed by atoms with Crippen LogP contribution in [0.3, 0.4) is 0 Å². The van der Waals surface area contributed by atoms with Crippen molar-refractivity contribution < 1.29 is 0 Å². The molecule has 0 unspecified atom stereocenters. The average molecular weight is 216 g/mol. The van der Waals surface area contributed by atoms with Crippen LogP contribution in [0.15, 0.2) is 30.3 Å². The number of rotatable bonds is 2. The Morgan fingerprint density at radius 2 is 1.75 bits per heavy atom. The van der Waals surface area contributed by atoms with Crippen LogP contribution in [-0.4, -0.2) is 14.8 Å². The molecule has 0 radical (unpaired) electrons. The van der Waals surface area contributed by atoms with E-state index in [0.717, 1.165) is 17.3 Å². The van der Waals surface area contributed by atoms with Crippen molar-refractivity contribution in [3.8, 4) is 5.69 Å². The summed E-state index contributed by atoms with van der Waals surface area (Å²) in [6.07, 6.45) is 0. The van der Waals surface area contributed by atoms with Gasteiger partial charge in [-0.15, -0.1) is 10.2 Å². The van der Waals surface area contributed by atoms with Gasteiger partial charge in [0, 0.05) is 5.69 Å². The van der Waals surface area contributed by atoms with E-state index in [1.54, 1.807) is 0 Å². The molecule has 0 atom stereocenters. The lowest BCUT2D eigenvalue weighted by molar-refractivity contribution is 0.502. The number of aromatic nitrogens is 3. The average Bonchev–Trinajstić information content (AvgIpc) is 2.61. The van der Waals surface area contributed by atoms with Crippen LogP contribution < -0.4 is 5.73 Å². The van der Waals surface area contributed by atoms with Gasteiger partial charge in [0.1, 0.15) is 5.82 Å². The lowest BCUT2D eigenvalue weighted by Gasteiger charge is -2.19. The van der Waals surface area contributed by atoms with Crippen LogP contribution in [0.1, 0.15) is 25.5 Å². The highest BCUT2D eigenvalue weighted by atomic mass is 15.3. The van der Waals surface area contributed by atoms with Crippen LogP contribution in [0.4, 0.5) is 0 Å². The molecule has 16 heavy (non-hydrogen) atoms. The van der Waals surface area contributed by atoms with E-state index in [-0.39, 0.29) is 0 Å². The highest BCUT2D eigenvalue weighted by Crippen LogP contribution is 2.20. The van der Waals surface area contributed by atoms with Gasteiger partial charge in [-0.05, 0) is 32.9 Å². The highest BCUT2D eigenvalue weighted by Gasteiger charge is 2.23. The summed E-state index contributed by atoms with van der Waals surface area (Å²) < 4.78 is 1.99. The van der Waals surface area contributed by atoms with Crippen LogP contribution >= 0.6 is 0 Å². The molecule has 0 saturated carbocycles. The molecule has 0 saturated heterocycles. The van der Waals surface area contributed by atoms with Gasteiger partial charge in [0.15, 0.2) is 5.82 Å². The van der Waals surface area contributed by atoms with Crippen molar-refractivity contribution in [2.45, 2.75) is 26.3 Å². The summed E-state index contributed by atoms with van der Waals surface area (Å²) in [4.78, 5) is 0. The smallest absolute Gasteiger partial charge is 0.157 e. The molecule has 0 bridgehead atoms. The van der Waals surface area contributed by atoms with E-state index in [2.05, 4.69) is 10.2 Å². The summed E-state index contributed by atoms with van der Waals surface area (Å²) in [5.74, 6) is 1.62. The van der Waals surface area contributed by atoms with Gasteiger partial charge in [0.25, 0.3) is 0 Å². The fourth-order valence-electron chi connectivity index (χ4n) is 1.67. The first kappa shape index (κ1) is 10.8. The molecule has 84 valence electrons. The second-order valence-corrected chi connectivity index (χ2v) is 4.46. The maximum Gasteiger partial charge on any atom is 0.157 e. The Balaban J connectivity index is 2.61. The van der Waals surface area contributed by atoms with E-state index >= 15 is 0 Å². The molecule has 0 spiro atoms. The van der Waals surface area contributed by atoms with E-state index in [0.29, 0.717) is 0 Å². The molecular weight excluding hydrogens is 200 g/mol. The fourth-order valence-corrected chi connectivity index (χ4v) is 1.67. The molecule has 0 aliphatic carbocycles. The van der Waals surface area contributed by atoms with Crippen molar-refractivity contribution in [1.29, 1.82) is 0 Å². The molecule has 2 N–H and O–H groups in total. The van der Waals surface area contributed by atoms with Crippen molar-refractivity contribution in [1.82, 2.24) is 14.8 Å². The van der Waals surface area contributed by atoms with Crippen molar-refractivity contribution in [3.05, 3.63) is 42.0 Å². The molecular formula is C12H16N4. The SMILES string of the molecule is Cc1nnc(C(C)(C)N)n1-c1ccccc1. The minimum absolute atomic E-state index is 0.503. The number of benzene rings is 1. The zero-order valence-electron chi connectivity index (χ0n) is 9.81. The molecule has 0 aliphatic rings. The van der Waals surface area contributed by atoms with Crippen molar-refractivity contribution >= 4 is 0 Å². The first-order valence-electron chi connectivity index (χ1n) is 5.27. The van der Waals surface area contributed by atoms with Gasteiger partial charge in [0.2, 0.25) is 0 Å². The summed E-state index contributed by atoms with van der Waals surface area (Å²) in [6.45, 7) is 5.78. The van der Waals surface area contributed by atoms with E-state index in [1.165, 1.54) is 0 Å². The molecule has 4 heteroatoms. The minimum atomic E-state index is -0.503. The van der Waals surface area contributed by atoms with Crippen molar-refractivity contribution in [2.75, 3.05) is 0 Å². The van der Waals surface area contributed by atoms with Gasteiger partial charge in [-0.1, -0.05) is 18.2 Å². The normalized spacial score (nSPS) is 11.8. The zero-order chi connectivity index (χ0) is 11.8. The van der Waals surface area contributed by atoms with Gasteiger partial charge in [-0.2, -0.15) is 0 Å². The van der Waals surface area contributed by atoms with Gasteiger partial charge in [0.05, 0.1) is 5.54 Å². The monoisotopic (exact) mass is 216 g/mol. The Hall–Kier alpha value is -1.68. The number of hydrogen-bond donors (Lipinski definition) is 1. The van der Waals surface area contributed by atoms with Crippen molar-refractivity contribution in [2.24, 2.45) is 5.73 Å². The third-order valence-electron chi connectivity index (χ3n) is 2.42. The Kier molecular flexibility index (Phi) is 2.52. The van der Waals surface area contributed by atoms with E-state index < -0.39 is 5.54 Å². The molecule has 1 aromatic heterocycles. The maximum atomic E-state index is 6.08. The summed E-state index contributed by atoms with van der Waals surface area (Å²) in [5.41, 5.74) is 6.62. The largest absolute Gasteiger partial charge is 0.319 e. The van der Waals surface area contributed by atoms with Gasteiger partial charge < -0.3 is 5.73 Å². The van der Waals surface area contributed by atoms with Gasteiger partial charge >= 0.3 is 0 Å². The number of nitrogens with two attached hydrogens (primary N) is 1. The lowest BCUT2D eigenvalue weighted by Crippen LogP contribution is -2.32. The quantitative estimate of drug-likeness (QED) is 0.832. The molecule has 1 heterocycles. The van der Waals surface area contributed by atoms with E-state index in [4.69, 9.17) is 5.73 Å². The van der Waals surface area contributed by atoms with Crippen LogP contribution in [0.25, 0.3) is 5.69 Å². The van der Waals surface area contributed by atoms with Crippen LogP contribution in [-0.2, 0) is 5.54 Å². The Bertz CT molecular complexity index is 479. The second-order valence-electron chi connectivity index (χ2n) is 4.46. The highest BCUT2D eigenvalue weighted by molar-refractivity contribution is 5.34. The first-order valence-corrected chi connectivity index (χ1v) is 5.27. The molecule has 0 aliphatic heterocycles. The molecule has 2 rings (SSSR count). The zero-order valence-corrected chi connectivity index (χ0v) is 9.81. The summed E-state index contributed by atoms with van der Waals surface area (Å²) in [5, 5.41) is 8.24. The molecule has 2 aromatic rings. The van der Waals surface area contributed by atoms with Crippen molar-refractivity contribution in [3.63, 3.8) is 0 Å². The molecule has 4 nitrogen and oxygen atoms in total. The Morgan fingerprint density at radius 3 is 2.31 bits per heavy atom. The third-order valence-corrected chi connectivity index (χ3v) is 2.42. The fraction of sp³-hybridized carbons (Fsp3) is 0.333. The van der Waals surface area contributed by atoms with Gasteiger partial charge in [-0.3, -0.25) is 4.57 Å². The summed E-state index contributed by atoms with van der Waals surface area (Å²) in [7, 11) is 0. The topological polar surface area (TPSA) is 56.7 Å². The molecule has 0 amide bonds. The van der Waals surface area contributed by atoms with Crippen LogP contribution in [0.5, 0.6) is 0 Å². The minimum Gasteiger partial charge on any atom is -0.319 e. The molecule has 1 aromatic carbocycles. The third kappa shape index (κ3) is 1.84. The predicted molar refractivity (Wildman–Crippen MR) is 63.3 cm³/mol. The summed E-state index contributed by atoms with van der Waals surface area (Å²) >= 11 is 0. The maximum absolute atomic E-state index is 6.08. The number of hydrogen-bond acceptors (Lipinski definition) is 3.